The molecule has 0 radical (unpaired) electrons. The first-order chi connectivity index (χ1) is 10.1. The molecule has 1 N–H and O–H groups in total. The molecule has 0 bridgehead atoms. The topological polar surface area (TPSA) is 42.4 Å². The van der Waals surface area contributed by atoms with Crippen LogP contribution in [0.15, 0.2) is 6.20 Å². The molecule has 9 heteroatoms. The summed E-state index contributed by atoms with van der Waals surface area (Å²) >= 11 is 0. The second-order valence-electron chi connectivity index (χ2n) is 5.53. The molecule has 1 aromatic heterocycles. The molecule has 3 rings (SSSR count). The standard InChI is InChI=1S/C13H11F6NO2/c14-7-1-6-8(22-5-2-12(15,16)3-5)4-20-11(13(17,18)19)9(6)10(7)21/h4-5,7,10,21H,1-3H2/t7?,10-/m1/s1. The third kappa shape index (κ3) is 2.51. The Morgan fingerprint density at radius 3 is 2.45 bits per heavy atom. The van der Waals surface area contributed by atoms with E-state index in [1.165, 1.54) is 0 Å². The van der Waals surface area contributed by atoms with E-state index in [1.807, 2.05) is 0 Å². The molecule has 3 nitrogen and oxygen atoms in total. The second kappa shape index (κ2) is 4.74. The van der Waals surface area contributed by atoms with Gasteiger partial charge in [-0.05, 0) is 0 Å². The average molecular weight is 327 g/mol. The Morgan fingerprint density at radius 2 is 1.91 bits per heavy atom. The normalized spacial score (nSPS) is 27.4. The van der Waals surface area contributed by atoms with Crippen molar-refractivity contribution in [1.29, 1.82) is 0 Å². The van der Waals surface area contributed by atoms with Crippen LogP contribution >= 0.6 is 0 Å². The van der Waals surface area contributed by atoms with Gasteiger partial charge in [0.2, 0.25) is 0 Å². The summed E-state index contributed by atoms with van der Waals surface area (Å²) in [5, 5.41) is 9.62. The van der Waals surface area contributed by atoms with Crippen LogP contribution in [0.1, 0.15) is 35.8 Å². The number of rotatable bonds is 2. The molecule has 0 amide bonds. The zero-order valence-corrected chi connectivity index (χ0v) is 11.0. The maximum atomic E-state index is 13.6. The van der Waals surface area contributed by atoms with Crippen LogP contribution in [-0.2, 0) is 12.6 Å². The Labute approximate surface area is 120 Å². The number of nitrogens with zero attached hydrogens (tertiary/aromatic N) is 1. The summed E-state index contributed by atoms with van der Waals surface area (Å²) in [4.78, 5) is 3.19. The third-order valence-electron chi connectivity index (χ3n) is 3.84. The highest BCUT2D eigenvalue weighted by atomic mass is 19.4. The Balaban J connectivity index is 1.94. The highest BCUT2D eigenvalue weighted by Gasteiger charge is 2.49. The molecule has 1 fully saturated rings. The Bertz CT molecular complexity index is 595. The highest BCUT2D eigenvalue weighted by molar-refractivity contribution is 5.47. The molecule has 2 aliphatic rings. The Morgan fingerprint density at radius 1 is 1.27 bits per heavy atom. The third-order valence-corrected chi connectivity index (χ3v) is 3.84. The number of aromatic nitrogens is 1. The monoisotopic (exact) mass is 327 g/mol. The van der Waals surface area contributed by atoms with Crippen LogP contribution in [0.3, 0.4) is 0 Å². The molecule has 1 heterocycles. The first kappa shape index (κ1) is 15.4. The molecule has 1 saturated carbocycles. The van der Waals surface area contributed by atoms with Crippen molar-refractivity contribution in [2.45, 2.75) is 49.7 Å². The molecule has 0 aromatic carbocycles. The van der Waals surface area contributed by atoms with Crippen LogP contribution in [-0.4, -0.2) is 28.3 Å². The lowest BCUT2D eigenvalue weighted by atomic mass is 9.91. The van der Waals surface area contributed by atoms with Gasteiger partial charge in [0.05, 0.1) is 6.20 Å². The number of hydrogen-bond acceptors (Lipinski definition) is 3. The fourth-order valence-electron chi connectivity index (χ4n) is 2.76. The lowest BCUT2D eigenvalue weighted by Crippen LogP contribution is -2.43. The second-order valence-corrected chi connectivity index (χ2v) is 5.53. The predicted molar refractivity (Wildman–Crippen MR) is 61.4 cm³/mol. The van der Waals surface area contributed by atoms with E-state index in [0.29, 0.717) is 0 Å². The van der Waals surface area contributed by atoms with E-state index in [-0.39, 0.29) is 11.3 Å². The van der Waals surface area contributed by atoms with Gasteiger partial charge in [-0.2, -0.15) is 13.2 Å². The Kier molecular flexibility index (Phi) is 3.32. The van der Waals surface area contributed by atoms with Crippen LogP contribution in [0.25, 0.3) is 0 Å². The maximum Gasteiger partial charge on any atom is 0.433 e. The first-order valence-corrected chi connectivity index (χ1v) is 6.54. The van der Waals surface area contributed by atoms with Gasteiger partial charge in [-0.1, -0.05) is 0 Å². The van der Waals surface area contributed by atoms with Gasteiger partial charge in [0, 0.05) is 30.4 Å². The van der Waals surface area contributed by atoms with E-state index < -0.39 is 61.0 Å². The number of pyridine rings is 1. The number of hydrogen-bond donors (Lipinski definition) is 1. The minimum absolute atomic E-state index is 0.155. The first-order valence-electron chi connectivity index (χ1n) is 6.54. The van der Waals surface area contributed by atoms with Crippen LogP contribution in [0, 0.1) is 0 Å². The van der Waals surface area contributed by atoms with Crippen LogP contribution in [0.5, 0.6) is 5.75 Å². The molecular formula is C13H11F6NO2. The molecule has 0 spiro atoms. The van der Waals surface area contributed by atoms with Crippen LogP contribution < -0.4 is 4.74 Å². The largest absolute Gasteiger partial charge is 0.488 e. The molecule has 1 unspecified atom stereocenters. The van der Waals surface area contributed by atoms with Crippen molar-refractivity contribution in [3.63, 3.8) is 0 Å². The molecule has 1 aromatic rings. The fourth-order valence-corrected chi connectivity index (χ4v) is 2.76. The zero-order valence-electron chi connectivity index (χ0n) is 11.0. The van der Waals surface area contributed by atoms with E-state index in [1.54, 1.807) is 0 Å². The van der Waals surface area contributed by atoms with Crippen molar-refractivity contribution in [1.82, 2.24) is 4.98 Å². The average Bonchev–Trinajstić information content (AvgIpc) is 2.63. The molecular weight excluding hydrogens is 316 g/mol. The van der Waals surface area contributed by atoms with E-state index in [0.717, 1.165) is 6.20 Å². The smallest absolute Gasteiger partial charge is 0.433 e. The number of aliphatic hydroxyl groups is 1. The number of halogens is 6. The van der Waals surface area contributed by atoms with Crippen molar-refractivity contribution >= 4 is 0 Å². The van der Waals surface area contributed by atoms with Crippen molar-refractivity contribution in [2.75, 3.05) is 0 Å². The van der Waals surface area contributed by atoms with Gasteiger partial charge in [-0.25, -0.2) is 18.2 Å². The number of alkyl halides is 6. The van der Waals surface area contributed by atoms with E-state index >= 15 is 0 Å². The molecule has 0 saturated heterocycles. The summed E-state index contributed by atoms with van der Waals surface area (Å²) in [6, 6.07) is 0. The van der Waals surface area contributed by atoms with Gasteiger partial charge >= 0.3 is 6.18 Å². The summed E-state index contributed by atoms with van der Waals surface area (Å²) in [6.07, 6.45) is -10.4. The summed E-state index contributed by atoms with van der Waals surface area (Å²) < 4.78 is 83.0. The number of ether oxygens (including phenoxy) is 1. The predicted octanol–water partition coefficient (Wildman–Crippen LogP) is 3.20. The van der Waals surface area contributed by atoms with Gasteiger partial charge < -0.3 is 9.84 Å². The van der Waals surface area contributed by atoms with Crippen molar-refractivity contribution in [3.8, 4) is 5.75 Å². The summed E-state index contributed by atoms with van der Waals surface area (Å²) in [7, 11) is 0. The van der Waals surface area contributed by atoms with Gasteiger partial charge in [0.25, 0.3) is 5.92 Å². The minimum Gasteiger partial charge on any atom is -0.488 e. The van der Waals surface area contributed by atoms with Crippen molar-refractivity contribution < 1.29 is 36.2 Å². The highest BCUT2D eigenvalue weighted by Crippen LogP contribution is 2.46. The van der Waals surface area contributed by atoms with Crippen molar-refractivity contribution in [3.05, 3.63) is 23.0 Å². The maximum absolute atomic E-state index is 13.6. The lowest BCUT2D eigenvalue weighted by Gasteiger charge is -2.35. The van der Waals surface area contributed by atoms with Crippen LogP contribution in [0.2, 0.25) is 0 Å². The Hall–Kier alpha value is -1.51. The SMILES string of the molecule is O[C@H]1c2c(C(F)(F)F)ncc(OC3CC(F)(F)C3)c2CC1F. The molecule has 2 atom stereocenters. The van der Waals surface area contributed by atoms with Gasteiger partial charge in [0.1, 0.15) is 24.1 Å². The molecule has 2 aliphatic carbocycles. The lowest BCUT2D eigenvalue weighted by molar-refractivity contribution is -0.143. The van der Waals surface area contributed by atoms with Gasteiger partial charge in [-0.15, -0.1) is 0 Å². The van der Waals surface area contributed by atoms with E-state index in [9.17, 15) is 31.4 Å². The van der Waals surface area contributed by atoms with E-state index in [2.05, 4.69) is 4.98 Å². The van der Waals surface area contributed by atoms with Gasteiger partial charge in [-0.3, -0.25) is 0 Å². The molecule has 0 aliphatic heterocycles. The zero-order chi connectivity index (χ0) is 16.3. The quantitative estimate of drug-likeness (QED) is 0.848. The fraction of sp³-hybridized carbons (Fsp3) is 0.615. The van der Waals surface area contributed by atoms with Gasteiger partial charge in [0.15, 0.2) is 5.69 Å². The number of fused-ring (bicyclic) bond motifs is 1. The van der Waals surface area contributed by atoms with Crippen LogP contribution in [0.4, 0.5) is 26.3 Å². The summed E-state index contributed by atoms with van der Waals surface area (Å²) in [5.74, 6) is -3.03. The van der Waals surface area contributed by atoms with Crippen molar-refractivity contribution in [2.24, 2.45) is 0 Å². The van der Waals surface area contributed by atoms with E-state index in [4.69, 9.17) is 4.74 Å². The number of aliphatic hydroxyl groups excluding tert-OH is 1. The molecule has 22 heavy (non-hydrogen) atoms. The summed E-state index contributed by atoms with van der Waals surface area (Å²) in [5.41, 5.74) is -2.19. The molecule has 122 valence electrons. The minimum atomic E-state index is -4.85. The summed E-state index contributed by atoms with van der Waals surface area (Å²) in [6.45, 7) is 0.